The maximum absolute atomic E-state index is 12.5. The Morgan fingerprint density at radius 3 is 2.42 bits per heavy atom. The van der Waals surface area contributed by atoms with Gasteiger partial charge in [-0.3, -0.25) is 9.69 Å². The highest BCUT2D eigenvalue weighted by Crippen LogP contribution is 2.60. The molecule has 0 aromatic carbocycles. The van der Waals surface area contributed by atoms with Crippen molar-refractivity contribution in [2.24, 2.45) is 23.2 Å². The number of hydrogen-bond donors (Lipinski definition) is 1. The molecule has 1 N–H and O–H groups in total. The molecule has 142 valence electrons. The second kappa shape index (κ2) is 6.97. The monoisotopic (exact) mass is 376 g/mol. The lowest BCUT2D eigenvalue weighted by Gasteiger charge is -2.57. The fraction of sp³-hybridized carbons (Fsp3) is 0.700. The molecule has 0 atom stereocenters. The summed E-state index contributed by atoms with van der Waals surface area (Å²) in [6, 6.07) is 1.76. The molecule has 0 saturated heterocycles. The molecule has 1 amide bonds. The van der Waals surface area contributed by atoms with Crippen molar-refractivity contribution in [1.82, 2.24) is 4.90 Å². The van der Waals surface area contributed by atoms with Gasteiger partial charge >= 0.3 is 5.97 Å². The minimum atomic E-state index is -0.405. The summed E-state index contributed by atoms with van der Waals surface area (Å²) < 4.78 is 4.77. The summed E-state index contributed by atoms with van der Waals surface area (Å²) in [5.74, 6) is 2.31. The minimum absolute atomic E-state index is 0.0687. The van der Waals surface area contributed by atoms with E-state index in [0.29, 0.717) is 22.5 Å². The van der Waals surface area contributed by atoms with Gasteiger partial charge in [0.05, 0.1) is 19.3 Å². The van der Waals surface area contributed by atoms with Crippen LogP contribution in [0.2, 0.25) is 0 Å². The molecule has 0 spiro atoms. The van der Waals surface area contributed by atoms with E-state index in [1.165, 1.54) is 57.0 Å². The lowest BCUT2D eigenvalue weighted by Crippen LogP contribution is -2.51. The van der Waals surface area contributed by atoms with E-state index < -0.39 is 5.97 Å². The van der Waals surface area contributed by atoms with Crippen molar-refractivity contribution in [1.29, 1.82) is 0 Å². The quantitative estimate of drug-likeness (QED) is 0.771. The van der Waals surface area contributed by atoms with Crippen LogP contribution in [0.3, 0.4) is 0 Å². The maximum Gasteiger partial charge on any atom is 0.350 e. The molecule has 0 unspecified atom stereocenters. The molecular formula is C20H28N2O3S. The third kappa shape index (κ3) is 3.54. The number of thiophene rings is 1. The molecule has 1 heterocycles. The van der Waals surface area contributed by atoms with Crippen LogP contribution in [-0.4, -0.2) is 44.0 Å². The Bertz CT molecular complexity index is 664. The van der Waals surface area contributed by atoms with Gasteiger partial charge in [0.15, 0.2) is 0 Å². The van der Waals surface area contributed by atoms with E-state index in [2.05, 4.69) is 10.2 Å². The second-order valence-electron chi connectivity index (χ2n) is 8.79. The van der Waals surface area contributed by atoms with Gasteiger partial charge in [0.2, 0.25) is 5.91 Å². The van der Waals surface area contributed by atoms with Crippen LogP contribution in [0.15, 0.2) is 11.4 Å². The smallest absolute Gasteiger partial charge is 0.350 e. The van der Waals surface area contributed by atoms with E-state index in [4.69, 9.17) is 4.74 Å². The Labute approximate surface area is 159 Å². The number of anilines is 1. The molecule has 1 aromatic heterocycles. The zero-order chi connectivity index (χ0) is 18.3. The van der Waals surface area contributed by atoms with Crippen molar-refractivity contribution in [3.05, 3.63) is 16.3 Å². The number of methoxy groups -OCH3 is 1. The van der Waals surface area contributed by atoms with Gasteiger partial charge in [-0.25, -0.2) is 4.79 Å². The molecule has 6 heteroatoms. The van der Waals surface area contributed by atoms with E-state index in [9.17, 15) is 9.59 Å². The standard InChI is InChI=1S/C20H28N2O3S/c1-22(11-17(23)21-16-3-4-26-18(16)19(24)25-2)12-20-8-13-5-14(9-20)7-15(6-13)10-20/h3-4,13-15H,5-12H2,1-2H3,(H,21,23). The van der Waals surface area contributed by atoms with E-state index in [1.54, 1.807) is 11.4 Å². The minimum Gasteiger partial charge on any atom is -0.465 e. The van der Waals surface area contributed by atoms with Crippen molar-refractivity contribution < 1.29 is 14.3 Å². The Morgan fingerprint density at radius 1 is 1.23 bits per heavy atom. The van der Waals surface area contributed by atoms with Crippen LogP contribution >= 0.6 is 11.3 Å². The Balaban J connectivity index is 1.34. The Hall–Kier alpha value is -1.40. The first-order valence-corrected chi connectivity index (χ1v) is 10.5. The number of carbonyl (C=O) groups is 2. The maximum atomic E-state index is 12.5. The largest absolute Gasteiger partial charge is 0.465 e. The van der Waals surface area contributed by atoms with Gasteiger partial charge < -0.3 is 10.1 Å². The molecule has 0 radical (unpaired) electrons. The van der Waals surface area contributed by atoms with Gasteiger partial charge in [0, 0.05) is 6.54 Å². The van der Waals surface area contributed by atoms with Gasteiger partial charge in [-0.05, 0) is 80.2 Å². The number of esters is 1. The van der Waals surface area contributed by atoms with Crippen LogP contribution in [-0.2, 0) is 9.53 Å². The molecule has 0 aliphatic heterocycles. The number of amides is 1. The van der Waals surface area contributed by atoms with Crippen LogP contribution in [0.4, 0.5) is 5.69 Å². The molecule has 4 aliphatic rings. The lowest BCUT2D eigenvalue weighted by molar-refractivity contribution is -0.118. The van der Waals surface area contributed by atoms with E-state index in [0.717, 1.165) is 24.3 Å². The van der Waals surface area contributed by atoms with Crippen LogP contribution in [0, 0.1) is 23.2 Å². The number of nitrogens with one attached hydrogen (secondary N) is 1. The summed E-state index contributed by atoms with van der Waals surface area (Å²) in [4.78, 5) is 26.8. The molecule has 26 heavy (non-hydrogen) atoms. The van der Waals surface area contributed by atoms with Gasteiger partial charge in [-0.1, -0.05) is 0 Å². The predicted octanol–water partition coefficient (Wildman–Crippen LogP) is 3.62. The van der Waals surface area contributed by atoms with E-state index in [-0.39, 0.29) is 5.91 Å². The van der Waals surface area contributed by atoms with Crippen LogP contribution in [0.25, 0.3) is 0 Å². The van der Waals surface area contributed by atoms with E-state index in [1.807, 2.05) is 7.05 Å². The molecule has 4 saturated carbocycles. The van der Waals surface area contributed by atoms with Crippen LogP contribution in [0.1, 0.15) is 48.2 Å². The number of hydrogen-bond acceptors (Lipinski definition) is 5. The fourth-order valence-corrected chi connectivity index (χ4v) is 6.97. The molecule has 5 nitrogen and oxygen atoms in total. The summed E-state index contributed by atoms with van der Waals surface area (Å²) in [5, 5.41) is 4.67. The molecular weight excluding hydrogens is 348 g/mol. The Morgan fingerprint density at radius 2 is 1.85 bits per heavy atom. The average molecular weight is 377 g/mol. The lowest BCUT2D eigenvalue weighted by atomic mass is 9.49. The fourth-order valence-electron chi connectivity index (χ4n) is 6.21. The van der Waals surface area contributed by atoms with Gasteiger partial charge in [0.1, 0.15) is 4.88 Å². The first-order valence-electron chi connectivity index (χ1n) is 9.60. The molecule has 4 fully saturated rings. The first kappa shape index (κ1) is 18.0. The predicted molar refractivity (Wildman–Crippen MR) is 102 cm³/mol. The third-order valence-electron chi connectivity index (χ3n) is 6.49. The topological polar surface area (TPSA) is 58.6 Å². The summed E-state index contributed by atoms with van der Waals surface area (Å²) in [6.07, 6.45) is 8.37. The summed E-state index contributed by atoms with van der Waals surface area (Å²) >= 11 is 1.28. The molecule has 5 rings (SSSR count). The zero-order valence-electron chi connectivity index (χ0n) is 15.6. The van der Waals surface area contributed by atoms with E-state index >= 15 is 0 Å². The van der Waals surface area contributed by atoms with Crippen molar-refractivity contribution in [2.75, 3.05) is 32.6 Å². The molecule has 4 aliphatic carbocycles. The summed E-state index contributed by atoms with van der Waals surface area (Å²) in [5.41, 5.74) is 0.985. The number of rotatable bonds is 6. The van der Waals surface area contributed by atoms with Crippen LogP contribution in [0.5, 0.6) is 0 Å². The van der Waals surface area contributed by atoms with Crippen molar-refractivity contribution >= 4 is 28.9 Å². The highest BCUT2D eigenvalue weighted by Gasteiger charge is 2.51. The number of ether oxygens (including phenoxy) is 1. The highest BCUT2D eigenvalue weighted by atomic mass is 32.1. The number of nitrogens with zero attached hydrogens (tertiary/aromatic N) is 1. The van der Waals surface area contributed by atoms with Gasteiger partial charge in [0.25, 0.3) is 0 Å². The number of likely N-dealkylation sites (N-methyl/N-ethyl adjacent to an activating group) is 1. The van der Waals surface area contributed by atoms with Crippen molar-refractivity contribution in [2.45, 2.75) is 38.5 Å². The SMILES string of the molecule is COC(=O)c1sccc1NC(=O)CN(C)CC12CC3CC(CC(C3)C1)C2. The zero-order valence-corrected chi connectivity index (χ0v) is 16.4. The first-order chi connectivity index (χ1) is 12.5. The second-order valence-corrected chi connectivity index (χ2v) is 9.71. The molecule has 1 aromatic rings. The van der Waals surface area contributed by atoms with Crippen LogP contribution < -0.4 is 5.32 Å². The van der Waals surface area contributed by atoms with Gasteiger partial charge in [-0.2, -0.15) is 0 Å². The highest BCUT2D eigenvalue weighted by molar-refractivity contribution is 7.12. The van der Waals surface area contributed by atoms with Gasteiger partial charge in [-0.15, -0.1) is 11.3 Å². The Kier molecular flexibility index (Phi) is 4.82. The molecule has 4 bridgehead atoms. The number of carbonyl (C=O) groups excluding carboxylic acids is 2. The third-order valence-corrected chi connectivity index (χ3v) is 7.39. The normalized spacial score (nSPS) is 32.0. The summed E-state index contributed by atoms with van der Waals surface area (Å²) in [6.45, 7) is 1.37. The summed E-state index contributed by atoms with van der Waals surface area (Å²) in [7, 11) is 3.40. The van der Waals surface area contributed by atoms with Crippen molar-refractivity contribution in [3.8, 4) is 0 Å². The average Bonchev–Trinajstić information content (AvgIpc) is 2.99. The van der Waals surface area contributed by atoms with Crippen molar-refractivity contribution in [3.63, 3.8) is 0 Å².